The normalized spacial score (nSPS) is 11.1. The predicted octanol–water partition coefficient (Wildman–Crippen LogP) is 7.05. The number of carbonyl (C=O) groups is 2. The molecule has 0 radical (unpaired) electrons. The lowest BCUT2D eigenvalue weighted by Crippen LogP contribution is -2.09. The molecule has 0 unspecified atom stereocenters. The second kappa shape index (κ2) is 13.8. The molecular weight excluding hydrogens is 620 g/mol. The quantitative estimate of drug-likeness (QED) is 0.112. The number of fused-ring (bicyclic) bond motifs is 2. The molecule has 0 amide bonds. The van der Waals surface area contributed by atoms with Gasteiger partial charge in [0.25, 0.3) is 0 Å². The molecule has 2 aromatic heterocycles. The molecule has 2 heterocycles. The molecule has 0 spiro atoms. The first kappa shape index (κ1) is 31.4. The van der Waals surface area contributed by atoms with Crippen molar-refractivity contribution in [3.63, 3.8) is 0 Å². The van der Waals surface area contributed by atoms with Crippen LogP contribution in [0, 0.1) is 0 Å². The van der Waals surface area contributed by atoms with Crippen LogP contribution in [-0.2, 0) is 22.7 Å². The molecule has 0 bridgehead atoms. The Morgan fingerprint density at radius 3 is 1.42 bits per heavy atom. The van der Waals surface area contributed by atoms with Crippen molar-refractivity contribution in [3.05, 3.63) is 140 Å². The second-order valence-electron chi connectivity index (χ2n) is 10.3. The van der Waals surface area contributed by atoms with Crippen LogP contribution < -0.4 is 20.3 Å². The highest BCUT2D eigenvalue weighted by Gasteiger charge is 2.17. The van der Waals surface area contributed by atoms with Crippen molar-refractivity contribution in [2.45, 2.75) is 13.2 Å². The first-order valence-electron chi connectivity index (χ1n) is 14.5. The van der Waals surface area contributed by atoms with E-state index < -0.39 is 22.8 Å². The van der Waals surface area contributed by atoms with Crippen molar-refractivity contribution in [2.75, 3.05) is 14.2 Å². The van der Waals surface area contributed by atoms with Crippen LogP contribution in [0.4, 0.5) is 11.4 Å². The van der Waals surface area contributed by atoms with Crippen molar-refractivity contribution in [1.82, 2.24) is 0 Å². The van der Waals surface area contributed by atoms with E-state index in [-0.39, 0.29) is 46.7 Å². The fraction of sp³-hybridized carbons (Fsp3) is 0.111. The minimum Gasteiger partial charge on any atom is -0.488 e. The molecule has 12 nitrogen and oxygen atoms in total. The van der Waals surface area contributed by atoms with Gasteiger partial charge < -0.3 is 27.8 Å². The van der Waals surface area contributed by atoms with Crippen molar-refractivity contribution in [1.29, 1.82) is 0 Å². The molecule has 6 aromatic rings. The summed E-state index contributed by atoms with van der Waals surface area (Å²) in [5.74, 6) is -1.28. The maximum absolute atomic E-state index is 12.8. The van der Waals surface area contributed by atoms with Crippen molar-refractivity contribution >= 4 is 45.3 Å². The van der Waals surface area contributed by atoms with Gasteiger partial charge in [0, 0.05) is 12.1 Å². The summed E-state index contributed by atoms with van der Waals surface area (Å²) < 4.78 is 32.3. The Bertz CT molecular complexity index is 2160. The summed E-state index contributed by atoms with van der Waals surface area (Å²) in [5, 5.41) is 9.14. The van der Waals surface area contributed by atoms with Gasteiger partial charge in [-0.2, -0.15) is 10.2 Å². The van der Waals surface area contributed by atoms with Gasteiger partial charge >= 0.3 is 11.9 Å². The molecular formula is C36H26N2O10. The zero-order chi connectivity index (χ0) is 33.6. The van der Waals surface area contributed by atoms with Gasteiger partial charge in [-0.25, -0.2) is 9.59 Å². The maximum atomic E-state index is 12.8. The Labute approximate surface area is 271 Å². The molecule has 0 saturated carbocycles. The van der Waals surface area contributed by atoms with E-state index in [1.54, 1.807) is 60.7 Å². The standard InChI is InChI=1S/C36H26N2O10/c1-43-35(41)31-17-25(39)33-27(11-5-13-29(33)47-31)45-19-21-7-3-9-23(15-21)37-38-24-10-4-8-22(16-24)20-46-28-12-6-14-30-34(28)26(40)18-32(48-30)36(42)44-2/h3-18H,19-20H2,1-2H3. The van der Waals surface area contributed by atoms with Crippen LogP contribution in [0.25, 0.3) is 21.9 Å². The van der Waals surface area contributed by atoms with Crippen LogP contribution >= 0.6 is 0 Å². The zero-order valence-corrected chi connectivity index (χ0v) is 25.6. The van der Waals surface area contributed by atoms with Crippen LogP contribution in [0.3, 0.4) is 0 Å². The lowest BCUT2D eigenvalue weighted by Gasteiger charge is -2.10. The van der Waals surface area contributed by atoms with Crippen LogP contribution in [0.5, 0.6) is 11.5 Å². The monoisotopic (exact) mass is 646 g/mol. The van der Waals surface area contributed by atoms with E-state index in [9.17, 15) is 19.2 Å². The number of nitrogens with zero attached hydrogens (tertiary/aromatic N) is 2. The Hall–Kier alpha value is -6.56. The SMILES string of the molecule is COC(=O)c1cc(=O)c2c(OCc3cccc(N=Nc4cccc(COc5cccc6oc(C(=O)OC)cc(=O)c56)c4)c3)cccc2o1. The molecule has 0 fully saturated rings. The third kappa shape index (κ3) is 6.82. The molecule has 0 N–H and O–H groups in total. The third-order valence-electron chi connectivity index (χ3n) is 7.10. The van der Waals surface area contributed by atoms with Gasteiger partial charge in [-0.1, -0.05) is 36.4 Å². The summed E-state index contributed by atoms with van der Waals surface area (Å²) in [4.78, 5) is 49.2. The Morgan fingerprint density at radius 2 is 1.00 bits per heavy atom. The van der Waals surface area contributed by atoms with Gasteiger partial charge in [0.1, 0.15) is 46.7 Å². The van der Waals surface area contributed by atoms with Gasteiger partial charge in [0.2, 0.25) is 11.5 Å². The molecule has 48 heavy (non-hydrogen) atoms. The van der Waals surface area contributed by atoms with E-state index in [0.717, 1.165) is 23.3 Å². The number of methoxy groups -OCH3 is 2. The average molecular weight is 647 g/mol. The van der Waals surface area contributed by atoms with Gasteiger partial charge in [0.05, 0.1) is 25.6 Å². The number of hydrogen-bond acceptors (Lipinski definition) is 12. The van der Waals surface area contributed by atoms with E-state index in [4.69, 9.17) is 18.3 Å². The molecule has 0 saturated heterocycles. The third-order valence-corrected chi connectivity index (χ3v) is 7.10. The smallest absolute Gasteiger partial charge is 0.374 e. The van der Waals surface area contributed by atoms with Crippen molar-refractivity contribution in [2.24, 2.45) is 10.2 Å². The van der Waals surface area contributed by atoms with Crippen LogP contribution in [0.1, 0.15) is 32.2 Å². The number of carbonyl (C=O) groups excluding carboxylic acids is 2. The molecule has 0 aliphatic heterocycles. The second-order valence-corrected chi connectivity index (χ2v) is 10.3. The molecule has 6 rings (SSSR count). The number of benzene rings is 4. The average Bonchev–Trinajstić information content (AvgIpc) is 3.11. The molecule has 0 aliphatic carbocycles. The minimum absolute atomic E-state index is 0.129. The fourth-order valence-electron chi connectivity index (χ4n) is 4.85. The van der Waals surface area contributed by atoms with E-state index in [2.05, 4.69) is 19.7 Å². The number of azo groups is 1. The molecule has 0 aliphatic rings. The highest BCUT2D eigenvalue weighted by molar-refractivity contribution is 5.91. The molecule has 240 valence electrons. The fourth-order valence-corrected chi connectivity index (χ4v) is 4.85. The summed E-state index contributed by atoms with van der Waals surface area (Å²) in [6, 6.07) is 26.4. The van der Waals surface area contributed by atoms with Crippen molar-refractivity contribution in [3.8, 4) is 11.5 Å². The van der Waals surface area contributed by atoms with Gasteiger partial charge in [-0.3, -0.25) is 9.59 Å². The Kier molecular flexibility index (Phi) is 9.05. The van der Waals surface area contributed by atoms with E-state index >= 15 is 0 Å². The number of ether oxygens (including phenoxy) is 4. The molecule has 12 heteroatoms. The van der Waals surface area contributed by atoms with E-state index in [0.29, 0.717) is 22.9 Å². The summed E-state index contributed by atoms with van der Waals surface area (Å²) in [5.41, 5.74) is 2.25. The number of esters is 2. The van der Waals surface area contributed by atoms with Crippen LogP contribution in [0.2, 0.25) is 0 Å². The Morgan fingerprint density at radius 1 is 0.583 bits per heavy atom. The van der Waals surface area contributed by atoms with E-state index in [1.807, 2.05) is 24.3 Å². The first-order valence-corrected chi connectivity index (χ1v) is 14.5. The largest absolute Gasteiger partial charge is 0.488 e. The van der Waals surface area contributed by atoms with Gasteiger partial charge in [0.15, 0.2) is 10.9 Å². The first-order chi connectivity index (χ1) is 23.3. The molecule has 4 aromatic carbocycles. The summed E-state index contributed by atoms with van der Waals surface area (Å²) in [6.45, 7) is 0.258. The summed E-state index contributed by atoms with van der Waals surface area (Å²) >= 11 is 0. The lowest BCUT2D eigenvalue weighted by molar-refractivity contribution is 0.0557. The molecule has 0 atom stereocenters. The zero-order valence-electron chi connectivity index (χ0n) is 25.6. The number of rotatable bonds is 10. The Balaban J connectivity index is 1.13. The van der Waals surface area contributed by atoms with E-state index in [1.165, 1.54) is 14.2 Å². The summed E-state index contributed by atoms with van der Waals surface area (Å²) in [6.07, 6.45) is 0. The van der Waals surface area contributed by atoms with Gasteiger partial charge in [-0.15, -0.1) is 0 Å². The van der Waals surface area contributed by atoms with Crippen molar-refractivity contribution < 1.29 is 37.4 Å². The highest BCUT2D eigenvalue weighted by Crippen LogP contribution is 2.27. The van der Waals surface area contributed by atoms with Crippen LogP contribution in [0.15, 0.2) is 126 Å². The minimum atomic E-state index is -0.749. The highest BCUT2D eigenvalue weighted by atomic mass is 16.5. The predicted molar refractivity (Wildman–Crippen MR) is 173 cm³/mol. The maximum Gasteiger partial charge on any atom is 0.374 e. The summed E-state index contributed by atoms with van der Waals surface area (Å²) in [7, 11) is 2.41. The topological polar surface area (TPSA) is 156 Å². The van der Waals surface area contributed by atoms with Crippen LogP contribution in [-0.4, -0.2) is 26.2 Å². The van der Waals surface area contributed by atoms with Gasteiger partial charge in [-0.05, 0) is 59.7 Å². The number of hydrogen-bond donors (Lipinski definition) is 0. The lowest BCUT2D eigenvalue weighted by atomic mass is 10.2.